The summed E-state index contributed by atoms with van der Waals surface area (Å²) in [5, 5.41) is 16.6. The third kappa shape index (κ3) is 4.67. The van der Waals surface area contributed by atoms with Crippen LogP contribution in [0.15, 0.2) is 28.8 Å². The number of halogens is 1. The molecule has 2 aromatic rings. The van der Waals surface area contributed by atoms with Gasteiger partial charge in [0.25, 0.3) is 0 Å². The number of aromatic nitrogens is 2. The van der Waals surface area contributed by atoms with Gasteiger partial charge in [0, 0.05) is 24.2 Å². The summed E-state index contributed by atoms with van der Waals surface area (Å²) in [6.45, 7) is 3.59. The van der Waals surface area contributed by atoms with Crippen LogP contribution in [0.1, 0.15) is 25.8 Å². The van der Waals surface area contributed by atoms with Crippen LogP contribution in [-0.4, -0.2) is 45.9 Å². The lowest BCUT2D eigenvalue weighted by Crippen LogP contribution is -2.41. The summed E-state index contributed by atoms with van der Waals surface area (Å²) in [6, 6.07) is 6.27. The highest BCUT2D eigenvalue weighted by Gasteiger charge is 2.19. The van der Waals surface area contributed by atoms with Gasteiger partial charge >= 0.3 is 6.03 Å². The topological polar surface area (TPSA) is 91.5 Å². The Balaban J connectivity index is 2.02. The normalized spacial score (nSPS) is 13.4. The molecule has 23 heavy (non-hydrogen) atoms. The zero-order valence-corrected chi connectivity index (χ0v) is 13.9. The number of rotatable bonds is 5. The Morgan fingerprint density at radius 3 is 2.65 bits per heavy atom. The molecular formula is C15H19ClN4O3. The van der Waals surface area contributed by atoms with E-state index < -0.39 is 12.1 Å². The number of aliphatic hydroxyl groups is 1. The molecule has 7 nitrogen and oxygen atoms in total. The molecule has 0 aliphatic carbocycles. The van der Waals surface area contributed by atoms with E-state index in [-0.39, 0.29) is 12.6 Å². The Hall–Kier alpha value is -2.12. The lowest BCUT2D eigenvalue weighted by atomic mass is 10.2. The maximum atomic E-state index is 12.0. The van der Waals surface area contributed by atoms with Crippen LogP contribution in [-0.2, 0) is 0 Å². The summed E-state index contributed by atoms with van der Waals surface area (Å²) in [4.78, 5) is 17.6. The first-order valence-electron chi connectivity index (χ1n) is 7.16. The Morgan fingerprint density at radius 1 is 1.39 bits per heavy atom. The molecular weight excluding hydrogens is 320 g/mol. The van der Waals surface area contributed by atoms with E-state index in [0.717, 1.165) is 5.56 Å². The van der Waals surface area contributed by atoms with Crippen LogP contribution in [0.4, 0.5) is 4.79 Å². The zero-order valence-electron chi connectivity index (χ0n) is 13.2. The van der Waals surface area contributed by atoms with Crippen LogP contribution in [0.5, 0.6) is 0 Å². The molecule has 1 heterocycles. The minimum Gasteiger partial charge on any atom is -0.392 e. The molecule has 0 spiro atoms. The zero-order chi connectivity index (χ0) is 17.0. The van der Waals surface area contributed by atoms with Gasteiger partial charge in [0.2, 0.25) is 11.7 Å². The highest BCUT2D eigenvalue weighted by atomic mass is 35.5. The molecule has 0 radical (unpaired) electrons. The SMILES string of the molecule is CC(O)CN(C)C(=O)NC(C)c1nc(-c2ccc(Cl)cc2)no1. The van der Waals surface area contributed by atoms with E-state index in [1.807, 2.05) is 0 Å². The summed E-state index contributed by atoms with van der Waals surface area (Å²) >= 11 is 5.84. The highest BCUT2D eigenvalue weighted by molar-refractivity contribution is 6.30. The third-order valence-corrected chi connectivity index (χ3v) is 3.39. The minimum absolute atomic E-state index is 0.235. The van der Waals surface area contributed by atoms with Crippen molar-refractivity contribution in [3.63, 3.8) is 0 Å². The van der Waals surface area contributed by atoms with Gasteiger partial charge in [0.15, 0.2) is 0 Å². The largest absolute Gasteiger partial charge is 0.392 e. The maximum Gasteiger partial charge on any atom is 0.317 e. The van der Waals surface area contributed by atoms with Crippen LogP contribution >= 0.6 is 11.6 Å². The van der Waals surface area contributed by atoms with E-state index >= 15 is 0 Å². The van der Waals surface area contributed by atoms with Gasteiger partial charge < -0.3 is 19.8 Å². The Bertz CT molecular complexity index is 657. The molecule has 1 aromatic heterocycles. The molecule has 1 aromatic carbocycles. The molecule has 0 saturated heterocycles. The summed E-state index contributed by atoms with van der Waals surface area (Å²) in [5.74, 6) is 0.726. The van der Waals surface area contributed by atoms with Crippen molar-refractivity contribution in [2.75, 3.05) is 13.6 Å². The monoisotopic (exact) mass is 338 g/mol. The second-order valence-electron chi connectivity index (χ2n) is 5.36. The van der Waals surface area contributed by atoms with Crippen LogP contribution in [0.25, 0.3) is 11.4 Å². The van der Waals surface area contributed by atoms with E-state index in [1.54, 1.807) is 45.2 Å². The van der Waals surface area contributed by atoms with Gasteiger partial charge in [-0.25, -0.2) is 4.79 Å². The number of aliphatic hydroxyl groups excluding tert-OH is 1. The van der Waals surface area contributed by atoms with Crippen molar-refractivity contribution < 1.29 is 14.4 Å². The lowest BCUT2D eigenvalue weighted by molar-refractivity contribution is 0.142. The fraction of sp³-hybridized carbons (Fsp3) is 0.400. The standard InChI is InChI=1S/C15H19ClN4O3/c1-9(21)8-20(3)15(22)17-10(2)14-18-13(19-23-14)11-4-6-12(16)7-5-11/h4-7,9-10,21H,8H2,1-3H3,(H,17,22). The van der Waals surface area contributed by atoms with Crippen molar-refractivity contribution in [1.29, 1.82) is 0 Å². The van der Waals surface area contributed by atoms with Crippen LogP contribution in [0, 0.1) is 0 Å². The number of benzene rings is 1. The summed E-state index contributed by atoms with van der Waals surface area (Å²) in [5.41, 5.74) is 0.772. The summed E-state index contributed by atoms with van der Waals surface area (Å²) < 4.78 is 5.20. The summed E-state index contributed by atoms with van der Waals surface area (Å²) in [7, 11) is 1.60. The molecule has 2 N–H and O–H groups in total. The Labute approximate surface area is 139 Å². The lowest BCUT2D eigenvalue weighted by Gasteiger charge is -2.20. The first kappa shape index (κ1) is 17.2. The van der Waals surface area contributed by atoms with Gasteiger partial charge in [-0.15, -0.1) is 0 Å². The number of carbonyl (C=O) groups is 1. The average Bonchev–Trinajstić information content (AvgIpc) is 2.97. The van der Waals surface area contributed by atoms with E-state index in [0.29, 0.717) is 16.7 Å². The Morgan fingerprint density at radius 2 is 2.04 bits per heavy atom. The van der Waals surface area contributed by atoms with Gasteiger partial charge in [0.1, 0.15) is 6.04 Å². The molecule has 0 aliphatic rings. The van der Waals surface area contributed by atoms with Crippen molar-refractivity contribution >= 4 is 17.6 Å². The summed E-state index contributed by atoms with van der Waals surface area (Å²) in [6.07, 6.45) is -0.596. The number of carbonyl (C=O) groups excluding carboxylic acids is 1. The fourth-order valence-corrected chi connectivity index (χ4v) is 2.09. The molecule has 0 bridgehead atoms. The van der Waals surface area contributed by atoms with E-state index in [1.165, 1.54) is 4.90 Å². The van der Waals surface area contributed by atoms with Crippen LogP contribution < -0.4 is 5.32 Å². The molecule has 2 amide bonds. The smallest absolute Gasteiger partial charge is 0.317 e. The van der Waals surface area contributed by atoms with Crippen molar-refractivity contribution in [1.82, 2.24) is 20.4 Å². The fourth-order valence-electron chi connectivity index (χ4n) is 1.96. The number of likely N-dealkylation sites (N-methyl/N-ethyl adjacent to an activating group) is 1. The molecule has 8 heteroatoms. The maximum absolute atomic E-state index is 12.0. The highest BCUT2D eigenvalue weighted by Crippen LogP contribution is 2.20. The van der Waals surface area contributed by atoms with Gasteiger partial charge in [-0.3, -0.25) is 0 Å². The molecule has 2 unspecified atom stereocenters. The first-order valence-corrected chi connectivity index (χ1v) is 7.54. The predicted octanol–water partition coefficient (Wildman–Crippen LogP) is 2.47. The predicted molar refractivity (Wildman–Crippen MR) is 86.0 cm³/mol. The van der Waals surface area contributed by atoms with Gasteiger partial charge in [-0.2, -0.15) is 4.98 Å². The molecule has 2 rings (SSSR count). The molecule has 0 saturated carbocycles. The molecule has 0 fully saturated rings. The quantitative estimate of drug-likeness (QED) is 0.873. The van der Waals surface area contributed by atoms with Crippen LogP contribution in [0.3, 0.4) is 0 Å². The van der Waals surface area contributed by atoms with Gasteiger partial charge in [-0.1, -0.05) is 16.8 Å². The van der Waals surface area contributed by atoms with Crippen molar-refractivity contribution in [2.45, 2.75) is 26.0 Å². The van der Waals surface area contributed by atoms with Crippen molar-refractivity contribution in [2.24, 2.45) is 0 Å². The third-order valence-electron chi connectivity index (χ3n) is 3.14. The molecule has 124 valence electrons. The van der Waals surface area contributed by atoms with E-state index in [4.69, 9.17) is 16.1 Å². The average molecular weight is 339 g/mol. The number of urea groups is 1. The second kappa shape index (κ2) is 7.43. The van der Waals surface area contributed by atoms with E-state index in [2.05, 4.69) is 15.5 Å². The number of amides is 2. The van der Waals surface area contributed by atoms with Gasteiger partial charge in [0.05, 0.1) is 6.10 Å². The number of hydrogen-bond donors (Lipinski definition) is 2. The van der Waals surface area contributed by atoms with Gasteiger partial charge in [-0.05, 0) is 38.1 Å². The van der Waals surface area contributed by atoms with E-state index in [9.17, 15) is 9.90 Å². The number of nitrogens with zero attached hydrogens (tertiary/aromatic N) is 3. The Kier molecular flexibility index (Phi) is 5.57. The second-order valence-corrected chi connectivity index (χ2v) is 5.80. The van der Waals surface area contributed by atoms with Crippen LogP contribution in [0.2, 0.25) is 5.02 Å². The van der Waals surface area contributed by atoms with Crippen molar-refractivity contribution in [3.05, 3.63) is 35.2 Å². The van der Waals surface area contributed by atoms with Crippen molar-refractivity contribution in [3.8, 4) is 11.4 Å². The first-order chi connectivity index (χ1) is 10.9. The number of hydrogen-bond acceptors (Lipinski definition) is 5. The minimum atomic E-state index is -0.596. The molecule has 2 atom stereocenters. The molecule has 0 aliphatic heterocycles. The number of nitrogens with one attached hydrogen (secondary N) is 1.